The highest BCUT2D eigenvalue weighted by Gasteiger charge is 2.53. The van der Waals surface area contributed by atoms with Crippen LogP contribution in [-0.2, 0) is 43.5 Å². The van der Waals surface area contributed by atoms with E-state index < -0.39 is 41.9 Å². The molecule has 4 aliphatic heterocycles. The van der Waals surface area contributed by atoms with E-state index in [2.05, 4.69) is 61.7 Å². The van der Waals surface area contributed by atoms with Crippen molar-refractivity contribution in [2.45, 2.75) is 49.6 Å². The van der Waals surface area contributed by atoms with E-state index in [-0.39, 0.29) is 18.7 Å². The topological polar surface area (TPSA) is 59.1 Å². The van der Waals surface area contributed by atoms with Crippen molar-refractivity contribution < 1.29 is 45.4 Å². The van der Waals surface area contributed by atoms with E-state index in [1.807, 2.05) is 18.2 Å². The largest absolute Gasteiger partial charge is 0.397 e. The minimum absolute atomic E-state index is 0.113. The summed E-state index contributed by atoms with van der Waals surface area (Å²) in [5.41, 5.74) is 3.84. The Morgan fingerprint density at radius 3 is 1.57 bits per heavy atom. The van der Waals surface area contributed by atoms with Crippen molar-refractivity contribution in [1.29, 1.82) is 0 Å². The van der Waals surface area contributed by atoms with E-state index in [0.717, 1.165) is 33.2 Å². The molecule has 4 heterocycles. The van der Waals surface area contributed by atoms with Gasteiger partial charge in [-0.25, -0.2) is 4.42 Å². The molecule has 0 N–H and O–H groups in total. The number of ether oxygens (including phenoxy) is 2. The number of benzene rings is 2. The molecular formula is C26H22Br2Cl2F6N2O4. The molecule has 2 fully saturated rings. The summed E-state index contributed by atoms with van der Waals surface area (Å²) in [6.07, 6.45) is -11.9. The molecule has 0 bridgehead atoms. The molecule has 0 atom stereocenters. The number of carbonyl (C=O) groups is 2. The summed E-state index contributed by atoms with van der Waals surface area (Å²) < 4.78 is 84.9. The Morgan fingerprint density at radius 2 is 1.21 bits per heavy atom. The first-order chi connectivity index (χ1) is 19.4. The van der Waals surface area contributed by atoms with Crippen LogP contribution in [0, 0.1) is 0 Å². The molecule has 0 radical (unpaired) electrons. The molecule has 0 aromatic heterocycles. The second kappa shape index (κ2) is 12.5. The van der Waals surface area contributed by atoms with E-state index in [0.29, 0.717) is 13.2 Å². The van der Waals surface area contributed by atoms with Gasteiger partial charge in [-0.2, -0.15) is 26.3 Å². The lowest BCUT2D eigenvalue weighted by Gasteiger charge is -2.47. The lowest BCUT2D eigenvalue weighted by molar-refractivity contribution is -0.185. The third-order valence-electron chi connectivity index (χ3n) is 6.91. The normalized spacial score (nSPS) is 19.5. The van der Waals surface area contributed by atoms with Gasteiger partial charge < -0.3 is 14.4 Å². The standard InChI is InChI=1S/C13H11BrF3NO2.C10H9BrClNO.C3H2ClF3O/c14-9-1-2-10-8(3-9)5-20-12(10)6-18(7-12)11(19)4-13(15,16)17;11-8-1-2-9-7(3-8)4-14-10(9)5-13(12)6-10;4-2(8)1-3(5,6)7/h1-3H,4-7H2;1-3H,4-6H2;1H2. The van der Waals surface area contributed by atoms with Crippen molar-refractivity contribution in [2.75, 3.05) is 26.2 Å². The molecule has 16 heteroatoms. The van der Waals surface area contributed by atoms with Crippen molar-refractivity contribution in [3.05, 3.63) is 67.6 Å². The summed E-state index contributed by atoms with van der Waals surface area (Å²) in [5, 5.41) is -1.38. The van der Waals surface area contributed by atoms with Gasteiger partial charge in [-0.15, -0.1) is 0 Å². The van der Waals surface area contributed by atoms with Gasteiger partial charge in [-0.3, -0.25) is 9.59 Å². The van der Waals surface area contributed by atoms with Crippen LogP contribution in [-0.4, -0.2) is 59.0 Å². The first kappa shape index (κ1) is 33.5. The first-order valence-corrected chi connectivity index (χ1v) is 14.6. The van der Waals surface area contributed by atoms with E-state index in [1.165, 1.54) is 16.0 Å². The summed E-state index contributed by atoms with van der Waals surface area (Å²) >= 11 is 17.1. The molecule has 6 nitrogen and oxygen atoms in total. The predicted octanol–water partition coefficient (Wildman–Crippen LogP) is 7.32. The third kappa shape index (κ3) is 7.99. The minimum Gasteiger partial charge on any atom is -0.363 e. The maximum atomic E-state index is 12.2. The zero-order chi connectivity index (χ0) is 31.1. The van der Waals surface area contributed by atoms with Crippen molar-refractivity contribution >= 4 is 66.4 Å². The molecule has 4 aliphatic rings. The average Bonchev–Trinajstić information content (AvgIpc) is 3.34. The fraction of sp³-hybridized carbons (Fsp3) is 0.462. The highest BCUT2D eigenvalue weighted by molar-refractivity contribution is 9.10. The van der Waals surface area contributed by atoms with Crippen LogP contribution in [0.3, 0.4) is 0 Å². The molecule has 6 rings (SSSR count). The molecule has 230 valence electrons. The number of halogens is 10. The number of nitrogens with zero attached hydrogens (tertiary/aromatic N) is 2. The number of rotatable bonds is 2. The second-order valence-corrected chi connectivity index (χ2v) is 12.9. The Hall–Kier alpha value is -1.42. The maximum absolute atomic E-state index is 12.2. The van der Waals surface area contributed by atoms with Crippen LogP contribution in [0.2, 0.25) is 0 Å². The molecular weight excluding hydrogens is 749 g/mol. The monoisotopic (exact) mass is 768 g/mol. The maximum Gasteiger partial charge on any atom is 0.397 e. The number of hydrogen-bond acceptors (Lipinski definition) is 5. The van der Waals surface area contributed by atoms with Gasteiger partial charge in [0.05, 0.1) is 26.3 Å². The van der Waals surface area contributed by atoms with Crippen molar-refractivity contribution in [1.82, 2.24) is 9.32 Å². The number of fused-ring (bicyclic) bond motifs is 4. The quantitative estimate of drug-likeness (QED) is 0.182. The van der Waals surface area contributed by atoms with E-state index in [4.69, 9.17) is 21.3 Å². The molecule has 2 spiro atoms. The summed E-state index contributed by atoms with van der Waals surface area (Å²) in [6.45, 7) is 3.11. The van der Waals surface area contributed by atoms with E-state index in [9.17, 15) is 35.9 Å². The molecule has 0 aliphatic carbocycles. The number of likely N-dealkylation sites (tertiary alicyclic amines) is 1. The molecule has 2 aromatic rings. The van der Waals surface area contributed by atoms with Crippen LogP contribution in [0.1, 0.15) is 35.1 Å². The Balaban J connectivity index is 0.000000160. The van der Waals surface area contributed by atoms with Crippen LogP contribution >= 0.6 is 55.2 Å². The van der Waals surface area contributed by atoms with Gasteiger partial charge in [0, 0.05) is 22.0 Å². The zero-order valence-corrected chi connectivity index (χ0v) is 26.1. The van der Waals surface area contributed by atoms with Crippen LogP contribution in [0.25, 0.3) is 0 Å². The van der Waals surface area contributed by atoms with Gasteiger partial charge in [-0.1, -0.05) is 44.0 Å². The Labute approximate surface area is 263 Å². The third-order valence-corrected chi connectivity index (χ3v) is 8.27. The molecule has 0 saturated carbocycles. The highest BCUT2D eigenvalue weighted by atomic mass is 79.9. The predicted molar refractivity (Wildman–Crippen MR) is 147 cm³/mol. The number of alkyl halides is 6. The highest BCUT2D eigenvalue weighted by Crippen LogP contribution is 2.45. The Bertz CT molecular complexity index is 1350. The summed E-state index contributed by atoms with van der Waals surface area (Å²) in [5.74, 6) is -0.891. The van der Waals surface area contributed by atoms with Gasteiger partial charge in [0.1, 0.15) is 24.0 Å². The zero-order valence-electron chi connectivity index (χ0n) is 21.4. The van der Waals surface area contributed by atoms with Crippen LogP contribution in [0.5, 0.6) is 0 Å². The molecule has 2 saturated heterocycles. The Kier molecular flexibility index (Phi) is 9.98. The minimum atomic E-state index is -4.46. The lowest BCUT2D eigenvalue weighted by Crippen LogP contribution is -2.61. The van der Waals surface area contributed by atoms with Crippen molar-refractivity contribution in [2.24, 2.45) is 0 Å². The number of amides is 1. The smallest absolute Gasteiger partial charge is 0.363 e. The van der Waals surface area contributed by atoms with Gasteiger partial charge in [0.25, 0.3) is 0 Å². The molecule has 2 aromatic carbocycles. The average molecular weight is 771 g/mol. The number of carbonyl (C=O) groups excluding carboxylic acids is 2. The molecule has 0 unspecified atom stereocenters. The van der Waals surface area contributed by atoms with E-state index >= 15 is 0 Å². The summed E-state index contributed by atoms with van der Waals surface area (Å²) in [7, 11) is 0. The SMILES string of the molecule is ClN1CC2(C1)OCc1cc(Br)ccc12.O=C(CC(F)(F)F)N1CC2(C1)OCc1cc(Br)ccc12.O=C(Cl)CC(F)(F)F. The fourth-order valence-electron chi connectivity index (χ4n) is 5.06. The second-order valence-electron chi connectivity index (χ2n) is 10.1. The van der Waals surface area contributed by atoms with Crippen LogP contribution in [0.15, 0.2) is 45.3 Å². The summed E-state index contributed by atoms with van der Waals surface area (Å²) in [4.78, 5) is 22.2. The molecule has 42 heavy (non-hydrogen) atoms. The fourth-order valence-corrected chi connectivity index (χ4v) is 6.41. The summed E-state index contributed by atoms with van der Waals surface area (Å²) in [6, 6.07) is 12.0. The van der Waals surface area contributed by atoms with Gasteiger partial charge in [0.2, 0.25) is 11.1 Å². The van der Waals surface area contributed by atoms with Gasteiger partial charge >= 0.3 is 12.4 Å². The van der Waals surface area contributed by atoms with Crippen molar-refractivity contribution in [3.63, 3.8) is 0 Å². The number of hydrogen-bond donors (Lipinski definition) is 0. The Morgan fingerprint density at radius 1 is 0.786 bits per heavy atom. The van der Waals surface area contributed by atoms with Crippen molar-refractivity contribution in [3.8, 4) is 0 Å². The lowest BCUT2D eigenvalue weighted by atomic mass is 9.85. The first-order valence-electron chi connectivity index (χ1n) is 12.3. The molecule has 1 amide bonds. The van der Waals surface area contributed by atoms with Gasteiger partial charge in [0.15, 0.2) is 0 Å². The van der Waals surface area contributed by atoms with Crippen LogP contribution in [0.4, 0.5) is 26.3 Å². The van der Waals surface area contributed by atoms with Crippen LogP contribution < -0.4 is 0 Å². The van der Waals surface area contributed by atoms with Gasteiger partial charge in [-0.05, 0) is 69.9 Å². The van der Waals surface area contributed by atoms with E-state index in [1.54, 1.807) is 4.42 Å².